The van der Waals surface area contributed by atoms with Crippen molar-refractivity contribution in [3.05, 3.63) is 29.3 Å². The minimum absolute atomic E-state index is 0.200. The fourth-order valence-electron chi connectivity index (χ4n) is 2.91. The molecule has 21 heavy (non-hydrogen) atoms. The maximum atomic E-state index is 12.7. The lowest BCUT2D eigenvalue weighted by atomic mass is 10.1. The third-order valence-electron chi connectivity index (χ3n) is 4.00. The standard InChI is InChI=1S/C16H19ClN2OS/c1-11-10-19(15(20)12-4-2-3-5-12)16(21-11)18-14-8-6-13(17)7-9-14/h6-9,11-12H,2-5,10H2,1H3/t11-/m1/s1. The van der Waals surface area contributed by atoms with Gasteiger partial charge in [0.1, 0.15) is 0 Å². The zero-order valence-corrected chi connectivity index (χ0v) is 13.7. The number of hydrogen-bond donors (Lipinski definition) is 0. The van der Waals surface area contributed by atoms with Crippen molar-refractivity contribution in [1.82, 2.24) is 4.90 Å². The molecule has 1 aliphatic heterocycles. The molecule has 0 radical (unpaired) electrons. The molecule has 0 N–H and O–H groups in total. The summed E-state index contributed by atoms with van der Waals surface area (Å²) in [4.78, 5) is 19.2. The first-order chi connectivity index (χ1) is 10.1. The van der Waals surface area contributed by atoms with Crippen LogP contribution in [0.15, 0.2) is 29.3 Å². The predicted molar refractivity (Wildman–Crippen MR) is 89.3 cm³/mol. The summed E-state index contributed by atoms with van der Waals surface area (Å²) >= 11 is 7.58. The van der Waals surface area contributed by atoms with E-state index in [1.165, 1.54) is 12.8 Å². The van der Waals surface area contributed by atoms with Gasteiger partial charge in [0.25, 0.3) is 0 Å². The lowest BCUT2D eigenvalue weighted by Gasteiger charge is -2.20. The van der Waals surface area contributed by atoms with Crippen molar-refractivity contribution in [2.24, 2.45) is 10.9 Å². The lowest BCUT2D eigenvalue weighted by Crippen LogP contribution is -2.36. The van der Waals surface area contributed by atoms with E-state index in [9.17, 15) is 4.79 Å². The number of amides is 1. The van der Waals surface area contributed by atoms with Crippen LogP contribution in [0.4, 0.5) is 5.69 Å². The molecule has 2 aliphatic rings. The van der Waals surface area contributed by atoms with E-state index in [0.717, 1.165) is 30.2 Å². The molecule has 2 fully saturated rings. The van der Waals surface area contributed by atoms with Crippen LogP contribution >= 0.6 is 23.4 Å². The molecule has 1 atom stereocenters. The Balaban J connectivity index is 1.81. The summed E-state index contributed by atoms with van der Waals surface area (Å²) in [5, 5.41) is 1.94. The second kappa shape index (κ2) is 6.41. The molecular weight excluding hydrogens is 304 g/mol. The molecule has 0 aromatic heterocycles. The van der Waals surface area contributed by atoms with E-state index in [1.807, 2.05) is 29.2 Å². The monoisotopic (exact) mass is 322 g/mol. The van der Waals surface area contributed by atoms with E-state index < -0.39 is 0 Å². The molecule has 1 aromatic rings. The van der Waals surface area contributed by atoms with Crippen LogP contribution in [0, 0.1) is 5.92 Å². The SMILES string of the molecule is C[C@@H]1CN(C(=O)C2CCCC2)C(=Nc2ccc(Cl)cc2)S1. The first kappa shape index (κ1) is 14.9. The number of carbonyl (C=O) groups excluding carboxylic acids is 1. The van der Waals surface area contributed by atoms with Crippen molar-refractivity contribution in [1.29, 1.82) is 0 Å². The van der Waals surface area contributed by atoms with Gasteiger partial charge in [-0.25, -0.2) is 4.99 Å². The Morgan fingerprint density at radius 3 is 2.62 bits per heavy atom. The van der Waals surface area contributed by atoms with E-state index in [-0.39, 0.29) is 11.8 Å². The number of benzene rings is 1. The quantitative estimate of drug-likeness (QED) is 0.804. The first-order valence-corrected chi connectivity index (χ1v) is 8.71. The third kappa shape index (κ3) is 3.43. The van der Waals surface area contributed by atoms with Crippen molar-refractivity contribution in [3.8, 4) is 0 Å². The number of amidine groups is 1. The molecule has 3 nitrogen and oxygen atoms in total. The fraction of sp³-hybridized carbons (Fsp3) is 0.500. The first-order valence-electron chi connectivity index (χ1n) is 7.46. The Labute approximate surface area is 134 Å². The van der Waals surface area contributed by atoms with Crippen molar-refractivity contribution in [2.75, 3.05) is 6.54 Å². The van der Waals surface area contributed by atoms with Crippen LogP contribution in [0.2, 0.25) is 5.02 Å². The molecule has 0 spiro atoms. The van der Waals surface area contributed by atoms with Crippen molar-refractivity contribution < 1.29 is 4.79 Å². The second-order valence-corrected chi connectivity index (χ2v) is 7.57. The predicted octanol–water partition coefficient (Wildman–Crippen LogP) is 4.48. The van der Waals surface area contributed by atoms with Gasteiger partial charge in [0.2, 0.25) is 5.91 Å². The van der Waals surface area contributed by atoms with Crippen LogP contribution in [0.25, 0.3) is 0 Å². The maximum Gasteiger partial charge on any atom is 0.231 e. The molecule has 5 heteroatoms. The number of nitrogens with zero attached hydrogens (tertiary/aromatic N) is 2. The number of hydrogen-bond acceptors (Lipinski definition) is 3. The Morgan fingerprint density at radius 2 is 1.95 bits per heavy atom. The highest BCUT2D eigenvalue weighted by atomic mass is 35.5. The maximum absolute atomic E-state index is 12.7. The summed E-state index contributed by atoms with van der Waals surface area (Å²) in [7, 11) is 0. The van der Waals surface area contributed by atoms with Crippen molar-refractivity contribution >= 4 is 40.1 Å². The van der Waals surface area contributed by atoms with Crippen molar-refractivity contribution in [3.63, 3.8) is 0 Å². The zero-order valence-electron chi connectivity index (χ0n) is 12.1. The van der Waals surface area contributed by atoms with Gasteiger partial charge in [-0.3, -0.25) is 9.69 Å². The number of aliphatic imine (C=N–C) groups is 1. The van der Waals surface area contributed by atoms with Gasteiger partial charge in [-0.2, -0.15) is 0 Å². The Hall–Kier alpha value is -1.000. The summed E-state index contributed by atoms with van der Waals surface area (Å²) in [6.07, 6.45) is 4.42. The van der Waals surface area contributed by atoms with Crippen LogP contribution < -0.4 is 0 Å². The summed E-state index contributed by atoms with van der Waals surface area (Å²) in [6.45, 7) is 2.91. The topological polar surface area (TPSA) is 32.7 Å². The average molecular weight is 323 g/mol. The molecule has 3 rings (SSSR count). The Morgan fingerprint density at radius 1 is 1.29 bits per heavy atom. The number of rotatable bonds is 2. The minimum atomic E-state index is 0.200. The lowest BCUT2D eigenvalue weighted by molar-refractivity contribution is -0.131. The molecule has 1 amide bonds. The molecule has 1 heterocycles. The molecule has 1 aromatic carbocycles. The van der Waals surface area contributed by atoms with Gasteiger partial charge in [0, 0.05) is 22.7 Å². The largest absolute Gasteiger partial charge is 0.290 e. The van der Waals surface area contributed by atoms with Crippen LogP contribution in [0.5, 0.6) is 0 Å². The highest BCUT2D eigenvalue weighted by Crippen LogP contribution is 2.33. The zero-order chi connectivity index (χ0) is 14.8. The smallest absolute Gasteiger partial charge is 0.231 e. The fourth-order valence-corrected chi connectivity index (χ4v) is 4.07. The van der Waals surface area contributed by atoms with Crippen LogP contribution in [0.3, 0.4) is 0 Å². The Kier molecular flexibility index (Phi) is 4.55. The highest BCUT2D eigenvalue weighted by molar-refractivity contribution is 8.14. The Bertz CT molecular complexity index is 552. The normalized spacial score (nSPS) is 25.0. The number of thioether (sulfide) groups is 1. The molecule has 1 saturated carbocycles. The van der Waals surface area contributed by atoms with E-state index in [4.69, 9.17) is 11.6 Å². The molecule has 1 saturated heterocycles. The summed E-state index contributed by atoms with van der Waals surface area (Å²) in [5.41, 5.74) is 0.847. The van der Waals surface area contributed by atoms with Gasteiger partial charge in [-0.1, -0.05) is 43.1 Å². The molecule has 1 aliphatic carbocycles. The van der Waals surface area contributed by atoms with Crippen molar-refractivity contribution in [2.45, 2.75) is 37.9 Å². The number of halogens is 1. The van der Waals surface area contributed by atoms with Gasteiger partial charge in [0.05, 0.1) is 5.69 Å². The van der Waals surface area contributed by atoms with Crippen LogP contribution in [-0.4, -0.2) is 27.8 Å². The molecule has 0 unspecified atom stereocenters. The molecule has 112 valence electrons. The van der Waals surface area contributed by atoms with E-state index in [0.29, 0.717) is 10.3 Å². The van der Waals surface area contributed by atoms with Gasteiger partial charge < -0.3 is 0 Å². The van der Waals surface area contributed by atoms with Gasteiger partial charge >= 0.3 is 0 Å². The summed E-state index contributed by atoms with van der Waals surface area (Å²) in [5.74, 6) is 0.461. The second-order valence-electron chi connectivity index (χ2n) is 5.73. The van der Waals surface area contributed by atoms with E-state index in [1.54, 1.807) is 11.8 Å². The summed E-state index contributed by atoms with van der Waals surface area (Å²) in [6, 6.07) is 7.43. The number of carbonyl (C=O) groups is 1. The molecule has 0 bridgehead atoms. The van der Waals surface area contributed by atoms with E-state index >= 15 is 0 Å². The highest BCUT2D eigenvalue weighted by Gasteiger charge is 2.35. The average Bonchev–Trinajstić information content (AvgIpc) is 3.10. The summed E-state index contributed by atoms with van der Waals surface area (Å²) < 4.78 is 0. The minimum Gasteiger partial charge on any atom is -0.290 e. The van der Waals surface area contributed by atoms with E-state index in [2.05, 4.69) is 11.9 Å². The van der Waals surface area contributed by atoms with Gasteiger partial charge in [-0.05, 0) is 37.1 Å². The molecular formula is C16H19ClN2OS. The van der Waals surface area contributed by atoms with Gasteiger partial charge in [-0.15, -0.1) is 0 Å². The third-order valence-corrected chi connectivity index (χ3v) is 5.32. The van der Waals surface area contributed by atoms with Crippen LogP contribution in [-0.2, 0) is 4.79 Å². The van der Waals surface area contributed by atoms with Crippen LogP contribution in [0.1, 0.15) is 32.6 Å². The van der Waals surface area contributed by atoms with Gasteiger partial charge in [0.15, 0.2) is 5.17 Å².